The molecule has 1 aliphatic rings. The maximum Gasteiger partial charge on any atom is 0.222 e. The average molecular weight is 219 g/mol. The van der Waals surface area contributed by atoms with Gasteiger partial charge in [-0.3, -0.25) is 4.79 Å². The molecule has 0 spiro atoms. The lowest BCUT2D eigenvalue weighted by atomic mass is 10.3. The third kappa shape index (κ3) is 8.35. The highest BCUT2D eigenvalue weighted by molar-refractivity contribution is 5.76. The molecule has 15 heavy (non-hydrogen) atoms. The van der Waals surface area contributed by atoms with E-state index in [2.05, 4.69) is 5.32 Å². The maximum absolute atomic E-state index is 11.3. The monoisotopic (exact) mass is 219 g/mol. The van der Waals surface area contributed by atoms with Crippen molar-refractivity contribution in [1.29, 1.82) is 0 Å². The summed E-state index contributed by atoms with van der Waals surface area (Å²) in [6.07, 6.45) is 1.62. The highest BCUT2D eigenvalue weighted by Crippen LogP contribution is 2.01. The fourth-order valence-corrected chi connectivity index (χ4v) is 1.18. The molecule has 0 radical (unpaired) electrons. The second kappa shape index (κ2) is 11.4. The molecule has 0 atom stereocenters. The van der Waals surface area contributed by atoms with Crippen molar-refractivity contribution in [3.8, 4) is 0 Å². The van der Waals surface area contributed by atoms with Gasteiger partial charge in [0.05, 0.1) is 13.2 Å². The molecule has 0 bridgehead atoms. The number of carbonyl (C=O) groups excluding carboxylic acids is 1. The number of nitrogens with one attached hydrogen (secondary N) is 1. The van der Waals surface area contributed by atoms with Crippen LogP contribution in [0.15, 0.2) is 0 Å². The summed E-state index contributed by atoms with van der Waals surface area (Å²) in [5.74, 6) is 0.274. The fourth-order valence-electron chi connectivity index (χ4n) is 1.18. The molecule has 5 nitrogen and oxygen atoms in total. The van der Waals surface area contributed by atoms with Crippen molar-refractivity contribution in [1.82, 2.24) is 16.4 Å². The van der Waals surface area contributed by atoms with E-state index in [0.29, 0.717) is 19.6 Å². The van der Waals surface area contributed by atoms with Crippen molar-refractivity contribution in [2.75, 3.05) is 40.4 Å². The molecule has 0 aromatic carbocycles. The van der Waals surface area contributed by atoms with Gasteiger partial charge in [0.2, 0.25) is 5.91 Å². The van der Waals surface area contributed by atoms with E-state index in [-0.39, 0.29) is 12.1 Å². The topological polar surface area (TPSA) is 76.6 Å². The van der Waals surface area contributed by atoms with Crippen molar-refractivity contribution in [3.05, 3.63) is 0 Å². The molecule has 5 heteroatoms. The average Bonchev–Trinajstić information content (AvgIpc) is 2.21. The summed E-state index contributed by atoms with van der Waals surface area (Å²) >= 11 is 0. The number of hydrogen-bond acceptors (Lipinski definition) is 4. The van der Waals surface area contributed by atoms with Gasteiger partial charge in [0.1, 0.15) is 0 Å². The Morgan fingerprint density at radius 2 is 1.80 bits per heavy atom. The van der Waals surface area contributed by atoms with Crippen LogP contribution in [0, 0.1) is 0 Å². The van der Waals surface area contributed by atoms with E-state index in [9.17, 15) is 4.79 Å². The van der Waals surface area contributed by atoms with Gasteiger partial charge >= 0.3 is 0 Å². The number of ether oxygens (including phenoxy) is 1. The molecule has 0 aromatic rings. The van der Waals surface area contributed by atoms with Crippen molar-refractivity contribution in [2.24, 2.45) is 0 Å². The lowest BCUT2D eigenvalue weighted by Crippen LogP contribution is -2.40. The molecule has 0 aromatic heterocycles. The van der Waals surface area contributed by atoms with Gasteiger partial charge in [0.25, 0.3) is 0 Å². The molecule has 1 amide bonds. The van der Waals surface area contributed by atoms with Crippen molar-refractivity contribution in [2.45, 2.75) is 19.8 Å². The molecular weight excluding hydrogens is 194 g/mol. The molecule has 0 aliphatic carbocycles. The summed E-state index contributed by atoms with van der Waals surface area (Å²) in [6, 6.07) is 0. The Morgan fingerprint density at radius 1 is 1.33 bits per heavy atom. The van der Waals surface area contributed by atoms with Crippen LogP contribution in [-0.4, -0.2) is 51.2 Å². The zero-order chi connectivity index (χ0) is 10.8. The van der Waals surface area contributed by atoms with Crippen LogP contribution in [0.2, 0.25) is 0 Å². The van der Waals surface area contributed by atoms with Gasteiger partial charge in [-0.2, -0.15) is 0 Å². The summed E-state index contributed by atoms with van der Waals surface area (Å²) in [6.45, 7) is 4.99. The summed E-state index contributed by atoms with van der Waals surface area (Å²) < 4.78 is 5.13. The van der Waals surface area contributed by atoms with Crippen LogP contribution in [0.25, 0.3) is 0 Å². The first kappa shape index (κ1) is 16.8. The van der Waals surface area contributed by atoms with Gasteiger partial charge in [0, 0.05) is 19.5 Å². The Kier molecular flexibility index (Phi) is 12.8. The molecule has 1 aliphatic heterocycles. The molecule has 0 unspecified atom stereocenters. The van der Waals surface area contributed by atoms with Crippen molar-refractivity contribution >= 4 is 5.91 Å². The molecule has 0 saturated carbocycles. The molecule has 1 heterocycles. The zero-order valence-electron chi connectivity index (χ0n) is 10.2. The fraction of sp³-hybridized carbons (Fsp3) is 0.900. The van der Waals surface area contributed by atoms with Crippen LogP contribution < -0.4 is 11.5 Å². The number of carbonyl (C=O) groups is 1. The van der Waals surface area contributed by atoms with Crippen molar-refractivity contribution < 1.29 is 9.53 Å². The Balaban J connectivity index is 0. The highest BCUT2D eigenvalue weighted by Gasteiger charge is 2.14. The smallest absolute Gasteiger partial charge is 0.222 e. The van der Waals surface area contributed by atoms with Gasteiger partial charge in [-0.25, -0.2) is 0 Å². The highest BCUT2D eigenvalue weighted by atomic mass is 16.5. The Labute approximate surface area is 92.7 Å². The van der Waals surface area contributed by atoms with E-state index in [1.165, 1.54) is 0 Å². The van der Waals surface area contributed by atoms with Crippen LogP contribution in [-0.2, 0) is 9.53 Å². The Bertz CT molecular complexity index is 148. The number of amides is 1. The normalized spacial score (nSPS) is 14.7. The Hall–Kier alpha value is -0.650. The van der Waals surface area contributed by atoms with E-state index in [0.717, 1.165) is 19.5 Å². The summed E-state index contributed by atoms with van der Waals surface area (Å²) in [5, 5.41) is 2.75. The minimum atomic E-state index is 0. The van der Waals surface area contributed by atoms with E-state index >= 15 is 0 Å². The molecule has 1 saturated heterocycles. The Morgan fingerprint density at radius 3 is 2.20 bits per heavy atom. The molecular formula is C10H25N3O2. The standard InChI is InChI=1S/C8H15NO2.C2H7N.H3N/c1-2-3-8(10)9-4-6-11-7-5-9;1-3-2;/h2-7H2,1H3;3H,1-2H3;1H3. The third-order valence-corrected chi connectivity index (χ3v) is 1.83. The lowest BCUT2D eigenvalue weighted by Gasteiger charge is -2.26. The SMILES string of the molecule is CCCC(=O)N1CCOCC1.CNC.N. The largest absolute Gasteiger partial charge is 0.378 e. The van der Waals surface area contributed by atoms with Crippen LogP contribution >= 0.6 is 0 Å². The van der Waals surface area contributed by atoms with E-state index in [1.807, 2.05) is 25.9 Å². The maximum atomic E-state index is 11.3. The van der Waals surface area contributed by atoms with Crippen LogP contribution in [0.5, 0.6) is 0 Å². The molecule has 1 rings (SSSR count). The first-order valence-electron chi connectivity index (χ1n) is 5.20. The zero-order valence-corrected chi connectivity index (χ0v) is 10.2. The van der Waals surface area contributed by atoms with E-state index < -0.39 is 0 Å². The van der Waals surface area contributed by atoms with Crippen LogP contribution in [0.4, 0.5) is 0 Å². The van der Waals surface area contributed by atoms with Gasteiger partial charge in [-0.15, -0.1) is 0 Å². The first-order chi connectivity index (χ1) is 6.76. The first-order valence-corrected chi connectivity index (χ1v) is 5.20. The summed E-state index contributed by atoms with van der Waals surface area (Å²) in [7, 11) is 3.75. The number of morpholine rings is 1. The molecule has 1 fully saturated rings. The van der Waals surface area contributed by atoms with Crippen LogP contribution in [0.1, 0.15) is 19.8 Å². The summed E-state index contributed by atoms with van der Waals surface area (Å²) in [4.78, 5) is 13.2. The second-order valence-electron chi connectivity index (χ2n) is 3.24. The number of nitrogens with zero attached hydrogens (tertiary/aromatic N) is 1. The molecule has 92 valence electrons. The second-order valence-corrected chi connectivity index (χ2v) is 3.24. The third-order valence-electron chi connectivity index (χ3n) is 1.83. The predicted octanol–water partition coefficient (Wildman–Crippen LogP) is 0.643. The molecule has 4 N–H and O–H groups in total. The minimum Gasteiger partial charge on any atom is -0.378 e. The number of rotatable bonds is 2. The van der Waals surface area contributed by atoms with E-state index in [1.54, 1.807) is 0 Å². The number of hydrogen-bond donors (Lipinski definition) is 2. The van der Waals surface area contributed by atoms with Crippen LogP contribution in [0.3, 0.4) is 0 Å². The van der Waals surface area contributed by atoms with Gasteiger partial charge in [-0.1, -0.05) is 6.92 Å². The lowest BCUT2D eigenvalue weighted by molar-refractivity contribution is -0.135. The predicted molar refractivity (Wildman–Crippen MR) is 62.3 cm³/mol. The quantitative estimate of drug-likeness (QED) is 0.714. The summed E-state index contributed by atoms with van der Waals surface area (Å²) in [5.41, 5.74) is 0. The van der Waals surface area contributed by atoms with E-state index in [4.69, 9.17) is 4.74 Å². The van der Waals surface area contributed by atoms with Crippen molar-refractivity contribution in [3.63, 3.8) is 0 Å². The minimum absolute atomic E-state index is 0. The van der Waals surface area contributed by atoms with Gasteiger partial charge in [-0.05, 0) is 20.5 Å². The van der Waals surface area contributed by atoms with Gasteiger partial charge < -0.3 is 21.1 Å². The van der Waals surface area contributed by atoms with Gasteiger partial charge in [0.15, 0.2) is 0 Å².